The highest BCUT2D eigenvalue weighted by Crippen LogP contribution is 2.26. The van der Waals surface area contributed by atoms with Crippen LogP contribution in [-0.2, 0) is 11.3 Å². The van der Waals surface area contributed by atoms with E-state index in [1.807, 2.05) is 13.0 Å². The van der Waals surface area contributed by atoms with Crippen LogP contribution in [0.4, 0.5) is 0 Å². The molecule has 0 fully saturated rings. The van der Waals surface area contributed by atoms with Gasteiger partial charge in [-0.15, -0.1) is 0 Å². The molecule has 0 aliphatic heterocycles. The van der Waals surface area contributed by atoms with Crippen molar-refractivity contribution >= 4 is 55.9 Å². The molecule has 0 saturated heterocycles. The molecule has 1 N–H and O–H groups in total. The zero-order valence-electron chi connectivity index (χ0n) is 13.7. The highest BCUT2D eigenvalue weighted by atomic mass is 79.9. The van der Waals surface area contributed by atoms with Crippen LogP contribution in [0.1, 0.15) is 18.5 Å². The summed E-state index contributed by atoms with van der Waals surface area (Å²) in [5, 5.41) is 4.27. The van der Waals surface area contributed by atoms with Crippen molar-refractivity contribution in [3.05, 3.63) is 73.2 Å². The van der Waals surface area contributed by atoms with Gasteiger partial charge in [0.05, 0.1) is 23.3 Å². The van der Waals surface area contributed by atoms with E-state index in [-0.39, 0.29) is 24.1 Å². The predicted molar refractivity (Wildman–Crippen MR) is 107 cm³/mol. The van der Waals surface area contributed by atoms with Crippen molar-refractivity contribution in [2.24, 2.45) is 0 Å². The van der Waals surface area contributed by atoms with Gasteiger partial charge in [0.2, 0.25) is 5.91 Å². The van der Waals surface area contributed by atoms with Gasteiger partial charge in [0.15, 0.2) is 0 Å². The third kappa shape index (κ3) is 4.09. The van der Waals surface area contributed by atoms with E-state index in [0.29, 0.717) is 20.9 Å². The van der Waals surface area contributed by atoms with Crippen molar-refractivity contribution in [1.29, 1.82) is 0 Å². The molecule has 1 atom stereocenters. The monoisotopic (exact) mass is 453 g/mol. The van der Waals surface area contributed by atoms with Gasteiger partial charge in [-0.3, -0.25) is 14.2 Å². The minimum Gasteiger partial charge on any atom is -0.348 e. The minimum absolute atomic E-state index is 0.135. The number of carbonyl (C=O) groups is 1. The predicted octanol–water partition coefficient (Wildman–Crippen LogP) is 4.34. The largest absolute Gasteiger partial charge is 0.348 e. The lowest BCUT2D eigenvalue weighted by atomic mass is 10.1. The molecule has 1 heterocycles. The zero-order valence-corrected chi connectivity index (χ0v) is 16.8. The molecular weight excluding hydrogens is 441 g/mol. The Balaban J connectivity index is 1.78. The molecule has 0 saturated carbocycles. The summed E-state index contributed by atoms with van der Waals surface area (Å²) < 4.78 is 2.05. The van der Waals surface area contributed by atoms with Crippen LogP contribution < -0.4 is 10.9 Å². The van der Waals surface area contributed by atoms with Crippen LogP contribution in [0.3, 0.4) is 0 Å². The molecule has 1 unspecified atom stereocenters. The second kappa shape index (κ2) is 7.78. The van der Waals surface area contributed by atoms with Crippen LogP contribution in [0.25, 0.3) is 10.9 Å². The SMILES string of the molecule is CC(NC(=O)Cn1cnc2ccc(Br)cc2c1=O)c1ccc(Cl)cc1Cl. The number of nitrogens with one attached hydrogen (secondary N) is 1. The quantitative estimate of drug-likeness (QED) is 0.637. The van der Waals surface area contributed by atoms with E-state index < -0.39 is 0 Å². The number of amides is 1. The second-order valence-electron chi connectivity index (χ2n) is 5.79. The fraction of sp³-hybridized carbons (Fsp3) is 0.167. The van der Waals surface area contributed by atoms with Gasteiger partial charge in [0.25, 0.3) is 5.56 Å². The highest BCUT2D eigenvalue weighted by Gasteiger charge is 2.14. The first kappa shape index (κ1) is 18.9. The van der Waals surface area contributed by atoms with Crippen molar-refractivity contribution in [1.82, 2.24) is 14.9 Å². The summed E-state index contributed by atoms with van der Waals surface area (Å²) in [7, 11) is 0. The summed E-state index contributed by atoms with van der Waals surface area (Å²) >= 11 is 15.4. The lowest BCUT2D eigenvalue weighted by Crippen LogP contribution is -2.34. The maximum atomic E-state index is 12.5. The van der Waals surface area contributed by atoms with Crippen molar-refractivity contribution in [2.45, 2.75) is 19.5 Å². The number of fused-ring (bicyclic) bond motifs is 1. The molecule has 0 aliphatic carbocycles. The summed E-state index contributed by atoms with van der Waals surface area (Å²) in [5.41, 5.74) is 1.05. The lowest BCUT2D eigenvalue weighted by Gasteiger charge is -2.16. The van der Waals surface area contributed by atoms with Crippen molar-refractivity contribution in [3.63, 3.8) is 0 Å². The Morgan fingerprint density at radius 1 is 1.27 bits per heavy atom. The molecule has 26 heavy (non-hydrogen) atoms. The van der Waals surface area contributed by atoms with Crippen LogP contribution >= 0.6 is 39.1 Å². The van der Waals surface area contributed by atoms with Gasteiger partial charge in [-0.2, -0.15) is 0 Å². The number of carbonyl (C=O) groups excluding carboxylic acids is 1. The van der Waals surface area contributed by atoms with Crippen molar-refractivity contribution < 1.29 is 4.79 Å². The summed E-state index contributed by atoms with van der Waals surface area (Å²) in [6.07, 6.45) is 1.37. The summed E-state index contributed by atoms with van der Waals surface area (Å²) in [6, 6.07) is 10.0. The Morgan fingerprint density at radius 2 is 2.04 bits per heavy atom. The molecular formula is C18H14BrCl2N3O2. The third-order valence-electron chi connectivity index (χ3n) is 3.91. The van der Waals surface area contributed by atoms with E-state index in [1.165, 1.54) is 10.9 Å². The fourth-order valence-electron chi connectivity index (χ4n) is 2.62. The molecule has 0 bridgehead atoms. The zero-order chi connectivity index (χ0) is 18.8. The maximum absolute atomic E-state index is 12.5. The van der Waals surface area contributed by atoms with Gasteiger partial charge in [-0.05, 0) is 42.8 Å². The molecule has 0 spiro atoms. The number of nitrogens with zero attached hydrogens (tertiary/aromatic N) is 2. The van der Waals surface area contributed by atoms with Crippen molar-refractivity contribution in [2.75, 3.05) is 0 Å². The molecule has 3 rings (SSSR count). The topological polar surface area (TPSA) is 64.0 Å². The average Bonchev–Trinajstić information content (AvgIpc) is 2.57. The van der Waals surface area contributed by atoms with Crippen LogP contribution in [0, 0.1) is 0 Å². The molecule has 1 amide bonds. The number of hydrogen-bond donors (Lipinski definition) is 1. The van der Waals surface area contributed by atoms with E-state index >= 15 is 0 Å². The number of benzene rings is 2. The van der Waals surface area contributed by atoms with E-state index in [2.05, 4.69) is 26.2 Å². The summed E-state index contributed by atoms with van der Waals surface area (Å²) in [4.78, 5) is 29.1. The van der Waals surface area contributed by atoms with Crippen LogP contribution in [0.2, 0.25) is 10.0 Å². The average molecular weight is 455 g/mol. The first-order chi connectivity index (χ1) is 12.3. The van der Waals surface area contributed by atoms with E-state index in [4.69, 9.17) is 23.2 Å². The lowest BCUT2D eigenvalue weighted by molar-refractivity contribution is -0.122. The minimum atomic E-state index is -0.328. The normalized spacial score (nSPS) is 12.2. The number of halogens is 3. The standard InChI is InChI=1S/C18H14BrCl2N3O2/c1-10(13-4-3-12(20)7-15(13)21)23-17(25)8-24-9-22-16-5-2-11(19)6-14(16)18(24)26/h2-7,9-10H,8H2,1H3,(H,23,25). The van der Waals surface area contributed by atoms with Gasteiger partial charge in [0, 0.05) is 14.5 Å². The molecule has 134 valence electrons. The number of aromatic nitrogens is 2. The molecule has 0 aliphatic rings. The third-order valence-corrected chi connectivity index (χ3v) is 4.96. The van der Waals surface area contributed by atoms with Crippen LogP contribution in [-0.4, -0.2) is 15.5 Å². The summed E-state index contributed by atoms with van der Waals surface area (Å²) in [6.45, 7) is 1.68. The molecule has 1 aromatic heterocycles. The van der Waals surface area contributed by atoms with Crippen LogP contribution in [0.15, 0.2) is 52.0 Å². The van der Waals surface area contributed by atoms with E-state index in [0.717, 1.165) is 10.0 Å². The van der Waals surface area contributed by atoms with Crippen LogP contribution in [0.5, 0.6) is 0 Å². The Hall–Kier alpha value is -1.89. The Labute approximate surface area is 168 Å². The van der Waals surface area contributed by atoms with Crippen molar-refractivity contribution in [3.8, 4) is 0 Å². The molecule has 0 radical (unpaired) electrons. The van der Waals surface area contributed by atoms with Gasteiger partial charge in [-0.1, -0.05) is 45.2 Å². The van der Waals surface area contributed by atoms with Gasteiger partial charge in [-0.25, -0.2) is 4.98 Å². The fourth-order valence-corrected chi connectivity index (χ4v) is 3.55. The first-order valence-electron chi connectivity index (χ1n) is 7.74. The Bertz CT molecular complexity index is 1050. The molecule has 3 aromatic rings. The second-order valence-corrected chi connectivity index (χ2v) is 7.55. The van der Waals surface area contributed by atoms with E-state index in [1.54, 1.807) is 30.3 Å². The highest BCUT2D eigenvalue weighted by molar-refractivity contribution is 9.10. The Morgan fingerprint density at radius 3 is 2.77 bits per heavy atom. The maximum Gasteiger partial charge on any atom is 0.261 e. The van der Waals surface area contributed by atoms with E-state index in [9.17, 15) is 9.59 Å². The van der Waals surface area contributed by atoms with Gasteiger partial charge < -0.3 is 5.32 Å². The smallest absolute Gasteiger partial charge is 0.261 e. The number of hydrogen-bond acceptors (Lipinski definition) is 3. The molecule has 5 nitrogen and oxygen atoms in total. The van der Waals surface area contributed by atoms with Gasteiger partial charge >= 0.3 is 0 Å². The number of rotatable bonds is 4. The molecule has 8 heteroatoms. The first-order valence-corrected chi connectivity index (χ1v) is 9.29. The molecule has 2 aromatic carbocycles. The Kier molecular flexibility index (Phi) is 5.65. The summed E-state index contributed by atoms with van der Waals surface area (Å²) in [5.74, 6) is -0.318. The van der Waals surface area contributed by atoms with Gasteiger partial charge in [0.1, 0.15) is 6.54 Å².